The Labute approximate surface area is 187 Å². The number of hydrogen-bond donors (Lipinski definition) is 1. The number of benzene rings is 1. The second-order valence-electron chi connectivity index (χ2n) is 7.43. The van der Waals surface area contributed by atoms with Crippen LogP contribution >= 0.6 is 0 Å². The lowest BCUT2D eigenvalue weighted by molar-refractivity contribution is -0.159. The highest BCUT2D eigenvalue weighted by Gasteiger charge is 2.24. The summed E-state index contributed by atoms with van der Waals surface area (Å²) >= 11 is 0. The summed E-state index contributed by atoms with van der Waals surface area (Å²) in [5, 5.41) is 9.12. The van der Waals surface area contributed by atoms with E-state index in [1.54, 1.807) is 7.11 Å². The first kappa shape index (κ1) is 24.4. The Hall–Kier alpha value is -3.25. The highest BCUT2D eigenvalue weighted by Crippen LogP contribution is 2.29. The third kappa shape index (κ3) is 5.57. The summed E-state index contributed by atoms with van der Waals surface area (Å²) < 4.78 is 45.7. The Morgan fingerprint density at radius 2 is 1.82 bits per heavy atom. The van der Waals surface area contributed by atoms with Crippen LogP contribution in [0.5, 0.6) is 17.5 Å². The molecule has 0 saturated carbocycles. The molecule has 0 unspecified atom stereocenters. The molecule has 3 rings (SSSR count). The van der Waals surface area contributed by atoms with Crippen molar-refractivity contribution in [2.75, 3.05) is 20.3 Å². The molecule has 0 radical (unpaired) electrons. The van der Waals surface area contributed by atoms with Gasteiger partial charge in [0, 0.05) is 53.5 Å². The zero-order valence-corrected chi connectivity index (χ0v) is 18.6. The van der Waals surface area contributed by atoms with Crippen LogP contribution in [0, 0.1) is 0 Å². The molecule has 0 aliphatic heterocycles. The van der Waals surface area contributed by atoms with Crippen molar-refractivity contribution in [3.63, 3.8) is 0 Å². The summed E-state index contributed by atoms with van der Waals surface area (Å²) in [7, 11) is 3.03. The van der Waals surface area contributed by atoms with Crippen LogP contribution in [0.1, 0.15) is 19.8 Å². The molecule has 0 saturated heterocycles. The number of fused-ring (bicyclic) bond motifs is 1. The Morgan fingerprint density at radius 3 is 2.48 bits per heavy atom. The molecule has 1 N–H and O–H groups in total. The van der Waals surface area contributed by atoms with Crippen molar-refractivity contribution in [1.29, 1.82) is 0 Å². The lowest BCUT2D eigenvalue weighted by Gasteiger charge is -2.14. The topological polar surface area (TPSA) is 110 Å². The Bertz CT molecular complexity index is 1230. The van der Waals surface area contributed by atoms with Crippen LogP contribution in [0.4, 0.5) is 8.78 Å². The largest absolute Gasteiger partial charge is 0.433 e. The van der Waals surface area contributed by atoms with Crippen LogP contribution in [0.15, 0.2) is 33.9 Å². The number of halogens is 2. The molecule has 33 heavy (non-hydrogen) atoms. The average Bonchev–Trinajstić information content (AvgIpc) is 3.10. The number of nitrogens with zero attached hydrogens (tertiary/aromatic N) is 4. The number of ether oxygens (including phenoxy) is 3. The minimum Gasteiger partial charge on any atom is -0.433 e. The van der Waals surface area contributed by atoms with E-state index in [2.05, 4.69) is 9.72 Å². The van der Waals surface area contributed by atoms with Gasteiger partial charge in [0.05, 0.1) is 0 Å². The predicted molar refractivity (Wildman–Crippen MR) is 115 cm³/mol. The van der Waals surface area contributed by atoms with E-state index in [0.717, 1.165) is 4.57 Å². The molecule has 2 aromatic heterocycles. The molecule has 1 aromatic carbocycles. The van der Waals surface area contributed by atoms with Crippen molar-refractivity contribution in [2.45, 2.75) is 39.0 Å². The quantitative estimate of drug-likeness (QED) is 0.429. The van der Waals surface area contributed by atoms with Gasteiger partial charge in [0.15, 0.2) is 11.2 Å². The molecule has 12 heteroatoms. The summed E-state index contributed by atoms with van der Waals surface area (Å²) in [6.07, 6.45) is -2.62. The van der Waals surface area contributed by atoms with E-state index >= 15 is 0 Å². The molecule has 180 valence electrons. The molecule has 0 aliphatic rings. The summed E-state index contributed by atoms with van der Waals surface area (Å²) in [4.78, 5) is 30.2. The van der Waals surface area contributed by atoms with Crippen LogP contribution in [0.25, 0.3) is 11.2 Å². The van der Waals surface area contributed by atoms with Gasteiger partial charge in [-0.25, -0.2) is 4.79 Å². The van der Waals surface area contributed by atoms with Crippen molar-refractivity contribution in [3.8, 4) is 17.5 Å². The fourth-order valence-electron chi connectivity index (χ4n) is 3.34. The van der Waals surface area contributed by atoms with Gasteiger partial charge in [0.1, 0.15) is 11.5 Å². The Kier molecular flexibility index (Phi) is 7.49. The first-order valence-electron chi connectivity index (χ1n) is 10.3. The summed E-state index contributed by atoms with van der Waals surface area (Å²) in [6, 6.07) is 5.64. The fourth-order valence-corrected chi connectivity index (χ4v) is 3.34. The van der Waals surface area contributed by atoms with Gasteiger partial charge in [-0.05, 0) is 25.0 Å². The van der Waals surface area contributed by atoms with Crippen molar-refractivity contribution in [1.82, 2.24) is 18.7 Å². The molecule has 0 amide bonds. The van der Waals surface area contributed by atoms with Crippen molar-refractivity contribution in [3.05, 3.63) is 45.1 Å². The first-order chi connectivity index (χ1) is 15.7. The van der Waals surface area contributed by atoms with E-state index in [9.17, 15) is 18.4 Å². The third-order valence-corrected chi connectivity index (χ3v) is 4.78. The lowest BCUT2D eigenvalue weighted by atomic mass is 10.3. The molecule has 10 nitrogen and oxygen atoms in total. The number of aromatic nitrogens is 4. The second-order valence-corrected chi connectivity index (χ2v) is 7.43. The Balaban J connectivity index is 2.11. The van der Waals surface area contributed by atoms with Crippen LogP contribution in [-0.4, -0.2) is 50.2 Å². The number of hydrogen-bond acceptors (Lipinski definition) is 7. The van der Waals surface area contributed by atoms with Crippen LogP contribution in [0.2, 0.25) is 0 Å². The zero-order chi connectivity index (χ0) is 24.2. The highest BCUT2D eigenvalue weighted by atomic mass is 19.3. The van der Waals surface area contributed by atoms with E-state index in [1.165, 1.54) is 40.4 Å². The maximum atomic E-state index is 13.2. The smallest absolute Gasteiger partial charge is 0.394 e. The number of aryl methyl sites for hydroxylation is 2. The maximum absolute atomic E-state index is 13.2. The first-order valence-corrected chi connectivity index (χ1v) is 10.3. The van der Waals surface area contributed by atoms with Gasteiger partial charge < -0.3 is 19.3 Å². The number of methoxy groups -OCH3 is 1. The molecule has 3 aromatic rings. The maximum Gasteiger partial charge on any atom is 0.394 e. The second kappa shape index (κ2) is 10.1. The average molecular weight is 468 g/mol. The van der Waals surface area contributed by atoms with Gasteiger partial charge in [-0.3, -0.25) is 18.5 Å². The van der Waals surface area contributed by atoms with E-state index in [0.29, 0.717) is 20.0 Å². The summed E-state index contributed by atoms with van der Waals surface area (Å²) in [5.41, 5.74) is -0.877. The zero-order valence-electron chi connectivity index (χ0n) is 18.6. The molecular formula is C21H26F2N4O6. The highest BCUT2D eigenvalue weighted by molar-refractivity contribution is 5.72. The lowest BCUT2D eigenvalue weighted by Crippen LogP contribution is -2.39. The molecule has 0 spiro atoms. The summed E-state index contributed by atoms with van der Waals surface area (Å²) in [5.74, 6) is 0.0476. The summed E-state index contributed by atoms with van der Waals surface area (Å²) in [6.45, 7) is 1.18. The molecule has 0 atom stereocenters. The minimum atomic E-state index is -3.37. The van der Waals surface area contributed by atoms with Crippen LogP contribution in [-0.2, 0) is 24.9 Å². The number of alkyl halides is 2. The number of imidazole rings is 1. The van der Waals surface area contributed by atoms with E-state index in [-0.39, 0.29) is 54.8 Å². The van der Waals surface area contributed by atoms with Gasteiger partial charge in [-0.15, -0.1) is 0 Å². The van der Waals surface area contributed by atoms with E-state index in [4.69, 9.17) is 14.6 Å². The Morgan fingerprint density at radius 1 is 1.12 bits per heavy atom. The molecule has 0 bridgehead atoms. The van der Waals surface area contributed by atoms with Gasteiger partial charge in [-0.1, -0.05) is 6.07 Å². The van der Waals surface area contributed by atoms with Crippen LogP contribution < -0.4 is 20.7 Å². The van der Waals surface area contributed by atoms with Gasteiger partial charge >= 0.3 is 17.8 Å². The minimum absolute atomic E-state index is 0.00789. The number of rotatable bonds is 11. The number of aliphatic hydroxyl groups is 1. The van der Waals surface area contributed by atoms with Gasteiger partial charge in [-0.2, -0.15) is 13.8 Å². The van der Waals surface area contributed by atoms with E-state index < -0.39 is 17.4 Å². The van der Waals surface area contributed by atoms with Gasteiger partial charge in [0.2, 0.25) is 0 Å². The van der Waals surface area contributed by atoms with Crippen LogP contribution in [0.3, 0.4) is 0 Å². The van der Waals surface area contributed by atoms with Crippen molar-refractivity contribution in [2.24, 2.45) is 7.05 Å². The van der Waals surface area contributed by atoms with Crippen molar-refractivity contribution < 1.29 is 28.1 Å². The SMILES string of the molecule is COCCCn1c(Oc2cccc(OC(C)(F)F)c2)nc2c1c(=O)n(CCCO)c(=O)n2C. The monoisotopic (exact) mass is 468 g/mol. The molecule has 2 heterocycles. The molecule has 0 aliphatic carbocycles. The normalized spacial score (nSPS) is 11.8. The predicted octanol–water partition coefficient (Wildman–Crippen LogP) is 2.10. The third-order valence-electron chi connectivity index (χ3n) is 4.78. The fraction of sp³-hybridized carbons (Fsp3) is 0.476. The van der Waals surface area contributed by atoms with Crippen molar-refractivity contribution >= 4 is 11.2 Å². The standard InChI is InChI=1S/C21H26F2N4O6/c1-21(22,23)33-15-8-4-7-14(13-15)32-19-24-17-16(26(19)10-6-12-31-3)18(29)27(9-5-11-28)20(30)25(17)2/h4,7-8,13,28H,5-6,9-12H2,1-3H3. The van der Waals surface area contributed by atoms with E-state index in [1.807, 2.05) is 0 Å². The molecule has 0 fully saturated rings. The number of aliphatic hydroxyl groups excluding tert-OH is 1. The van der Waals surface area contributed by atoms with Gasteiger partial charge in [0.25, 0.3) is 5.56 Å². The molecular weight excluding hydrogens is 442 g/mol.